The van der Waals surface area contributed by atoms with Gasteiger partial charge in [0.1, 0.15) is 0 Å². The molecule has 0 saturated carbocycles. The monoisotopic (exact) mass is 291 g/mol. The number of likely N-dealkylation sites (tertiary alicyclic amines) is 1. The number of hydrazone groups is 1. The fourth-order valence-electron chi connectivity index (χ4n) is 1.97. The van der Waals surface area contributed by atoms with Crippen LogP contribution in [-0.2, 0) is 4.79 Å². The van der Waals surface area contributed by atoms with Crippen LogP contribution in [0.3, 0.4) is 0 Å². The minimum absolute atomic E-state index is 0.0368. The molecule has 1 aliphatic rings. The second-order valence-electron chi connectivity index (χ2n) is 5.03. The van der Waals surface area contributed by atoms with Gasteiger partial charge in [-0.15, -0.1) is 11.8 Å². The number of rotatable bonds is 4. The lowest BCUT2D eigenvalue weighted by molar-refractivity contribution is -0.120. The first-order valence-electron chi connectivity index (χ1n) is 6.90. The molecule has 108 valence electrons. The van der Waals surface area contributed by atoms with Gasteiger partial charge in [-0.25, -0.2) is 5.43 Å². The van der Waals surface area contributed by atoms with Crippen molar-refractivity contribution in [2.75, 3.05) is 20.1 Å². The molecule has 1 aromatic carbocycles. The van der Waals surface area contributed by atoms with E-state index in [-0.39, 0.29) is 11.2 Å². The summed E-state index contributed by atoms with van der Waals surface area (Å²) in [5.74, 6) is -0.0368. The smallest absolute Gasteiger partial charge is 0.253 e. The maximum atomic E-state index is 12.0. The van der Waals surface area contributed by atoms with Crippen LogP contribution in [-0.4, -0.2) is 41.9 Å². The number of benzene rings is 1. The van der Waals surface area contributed by atoms with Gasteiger partial charge in [0.25, 0.3) is 5.91 Å². The molecule has 1 saturated heterocycles. The number of thioether (sulfide) groups is 1. The summed E-state index contributed by atoms with van der Waals surface area (Å²) in [6, 6.07) is 9.95. The Hall–Kier alpha value is -1.33. The fraction of sp³-hybridized carbons (Fsp3) is 0.467. The van der Waals surface area contributed by atoms with Crippen molar-refractivity contribution < 1.29 is 4.79 Å². The lowest BCUT2D eigenvalue weighted by Crippen LogP contribution is -2.33. The van der Waals surface area contributed by atoms with Crippen molar-refractivity contribution in [1.82, 2.24) is 10.3 Å². The molecule has 0 bridgehead atoms. The van der Waals surface area contributed by atoms with Gasteiger partial charge in [0.2, 0.25) is 0 Å². The number of carbonyl (C=O) groups is 1. The van der Waals surface area contributed by atoms with Crippen LogP contribution >= 0.6 is 11.8 Å². The van der Waals surface area contributed by atoms with E-state index in [4.69, 9.17) is 0 Å². The molecule has 1 atom stereocenters. The standard InChI is InChI=1S/C15H21N3OS/c1-12(20-14-6-4-3-5-7-14)15(19)17-16-13-8-10-18(2)11-9-13/h3-7,12H,8-11H2,1-2H3,(H,17,19)/t12-/m1/s1. The van der Waals surface area contributed by atoms with E-state index in [9.17, 15) is 4.79 Å². The topological polar surface area (TPSA) is 44.7 Å². The molecule has 4 nitrogen and oxygen atoms in total. The zero-order valence-electron chi connectivity index (χ0n) is 12.0. The third kappa shape index (κ3) is 4.65. The Kier molecular flexibility index (Phi) is 5.61. The second-order valence-corrected chi connectivity index (χ2v) is 6.44. The zero-order valence-corrected chi connectivity index (χ0v) is 12.8. The van der Waals surface area contributed by atoms with Crippen molar-refractivity contribution in [2.45, 2.75) is 29.9 Å². The number of amides is 1. The zero-order chi connectivity index (χ0) is 14.4. The summed E-state index contributed by atoms with van der Waals surface area (Å²) in [7, 11) is 2.11. The van der Waals surface area contributed by atoms with Crippen molar-refractivity contribution in [3.63, 3.8) is 0 Å². The average molecular weight is 291 g/mol. The molecular formula is C15H21N3OS. The Balaban J connectivity index is 1.81. The van der Waals surface area contributed by atoms with Crippen LogP contribution in [0.2, 0.25) is 0 Å². The molecule has 2 rings (SSSR count). The van der Waals surface area contributed by atoms with E-state index in [1.165, 1.54) is 0 Å². The van der Waals surface area contributed by atoms with Crippen molar-refractivity contribution in [1.29, 1.82) is 0 Å². The Morgan fingerprint density at radius 2 is 1.95 bits per heavy atom. The van der Waals surface area contributed by atoms with Gasteiger partial charge in [-0.2, -0.15) is 5.10 Å². The van der Waals surface area contributed by atoms with Crippen LogP contribution in [0.4, 0.5) is 0 Å². The first kappa shape index (κ1) is 15.1. The first-order valence-corrected chi connectivity index (χ1v) is 7.78. The molecule has 0 aromatic heterocycles. The van der Waals surface area contributed by atoms with Crippen LogP contribution < -0.4 is 5.43 Å². The van der Waals surface area contributed by atoms with E-state index in [0.717, 1.165) is 36.5 Å². The summed E-state index contributed by atoms with van der Waals surface area (Å²) in [5.41, 5.74) is 3.79. The number of carbonyl (C=O) groups excluding carboxylic acids is 1. The number of nitrogens with one attached hydrogen (secondary N) is 1. The van der Waals surface area contributed by atoms with Crippen molar-refractivity contribution in [3.05, 3.63) is 30.3 Å². The summed E-state index contributed by atoms with van der Waals surface area (Å²) >= 11 is 1.55. The van der Waals surface area contributed by atoms with Gasteiger partial charge in [-0.05, 0) is 26.1 Å². The highest BCUT2D eigenvalue weighted by Gasteiger charge is 2.15. The minimum atomic E-state index is -0.145. The molecule has 1 heterocycles. The van der Waals surface area contributed by atoms with Crippen molar-refractivity contribution >= 4 is 23.4 Å². The average Bonchev–Trinajstić information content (AvgIpc) is 2.47. The lowest BCUT2D eigenvalue weighted by Gasteiger charge is -2.22. The van der Waals surface area contributed by atoms with E-state index in [0.29, 0.717) is 0 Å². The maximum absolute atomic E-state index is 12.0. The molecule has 0 unspecified atom stereocenters. The molecule has 0 radical (unpaired) electrons. The number of nitrogens with zero attached hydrogens (tertiary/aromatic N) is 2. The molecule has 5 heteroatoms. The Bertz CT molecular complexity index is 465. The quantitative estimate of drug-likeness (QED) is 0.684. The Morgan fingerprint density at radius 3 is 2.60 bits per heavy atom. The van der Waals surface area contributed by atoms with Crippen molar-refractivity contribution in [2.24, 2.45) is 5.10 Å². The molecule has 20 heavy (non-hydrogen) atoms. The SMILES string of the molecule is C[C@@H](Sc1ccccc1)C(=O)NN=C1CCN(C)CC1. The van der Waals surface area contributed by atoms with Crippen LogP contribution in [0.25, 0.3) is 0 Å². The van der Waals surface area contributed by atoms with Crippen LogP contribution in [0.15, 0.2) is 40.3 Å². The van der Waals surface area contributed by atoms with Gasteiger partial charge in [0.05, 0.1) is 5.25 Å². The predicted molar refractivity (Wildman–Crippen MR) is 84.1 cm³/mol. The highest BCUT2D eigenvalue weighted by molar-refractivity contribution is 8.00. The summed E-state index contributed by atoms with van der Waals surface area (Å²) in [6.45, 7) is 3.94. The van der Waals surface area contributed by atoms with E-state index in [2.05, 4.69) is 22.5 Å². The highest BCUT2D eigenvalue weighted by atomic mass is 32.2. The van der Waals surface area contributed by atoms with E-state index < -0.39 is 0 Å². The van der Waals surface area contributed by atoms with Gasteiger partial charge in [0, 0.05) is 36.5 Å². The lowest BCUT2D eigenvalue weighted by atomic mass is 10.1. The van der Waals surface area contributed by atoms with E-state index >= 15 is 0 Å². The van der Waals surface area contributed by atoms with Crippen LogP contribution in [0.5, 0.6) is 0 Å². The van der Waals surface area contributed by atoms with Gasteiger partial charge in [-0.1, -0.05) is 18.2 Å². The largest absolute Gasteiger partial charge is 0.306 e. The van der Waals surface area contributed by atoms with Gasteiger partial charge in [-0.3, -0.25) is 4.79 Å². The summed E-state index contributed by atoms with van der Waals surface area (Å²) in [6.07, 6.45) is 1.88. The summed E-state index contributed by atoms with van der Waals surface area (Å²) < 4.78 is 0. The molecular weight excluding hydrogens is 270 g/mol. The number of piperidine rings is 1. The first-order chi connectivity index (χ1) is 9.65. The van der Waals surface area contributed by atoms with Crippen LogP contribution in [0.1, 0.15) is 19.8 Å². The number of hydrogen-bond acceptors (Lipinski definition) is 4. The summed E-state index contributed by atoms with van der Waals surface area (Å²) in [4.78, 5) is 15.4. The number of hydrogen-bond donors (Lipinski definition) is 1. The Labute approximate surface area is 124 Å². The van der Waals surface area contributed by atoms with Crippen molar-refractivity contribution in [3.8, 4) is 0 Å². The second kappa shape index (κ2) is 7.45. The summed E-state index contributed by atoms with van der Waals surface area (Å²) in [5, 5.41) is 4.11. The fourth-order valence-corrected chi connectivity index (χ4v) is 2.85. The van der Waals surface area contributed by atoms with Gasteiger partial charge in [0.15, 0.2) is 0 Å². The molecule has 0 aliphatic carbocycles. The molecule has 1 aromatic rings. The van der Waals surface area contributed by atoms with E-state index in [1.54, 1.807) is 11.8 Å². The predicted octanol–water partition coefficient (Wildman–Crippen LogP) is 2.37. The van der Waals surface area contributed by atoms with Gasteiger partial charge < -0.3 is 4.90 Å². The Morgan fingerprint density at radius 1 is 1.30 bits per heavy atom. The minimum Gasteiger partial charge on any atom is -0.306 e. The third-order valence-electron chi connectivity index (χ3n) is 3.31. The normalized spacial score (nSPS) is 17.6. The maximum Gasteiger partial charge on any atom is 0.253 e. The third-order valence-corrected chi connectivity index (χ3v) is 4.43. The molecule has 1 aliphatic heterocycles. The van der Waals surface area contributed by atoms with E-state index in [1.807, 2.05) is 37.3 Å². The molecule has 1 N–H and O–H groups in total. The van der Waals surface area contributed by atoms with Gasteiger partial charge >= 0.3 is 0 Å². The highest BCUT2D eigenvalue weighted by Crippen LogP contribution is 2.22. The molecule has 0 spiro atoms. The molecule has 1 amide bonds. The van der Waals surface area contributed by atoms with Crippen LogP contribution in [0, 0.1) is 0 Å². The molecule has 1 fully saturated rings.